The van der Waals surface area contributed by atoms with E-state index in [0.717, 1.165) is 17.7 Å². The molecule has 29 heavy (non-hydrogen) atoms. The SMILES string of the molecule is O=C(Cn1nnc(-c2ccc(CN3CCCCC3)cc2)n1)NCc1ccccc1. The summed E-state index contributed by atoms with van der Waals surface area (Å²) in [6.07, 6.45) is 3.94. The minimum absolute atomic E-state index is 0.0485. The topological polar surface area (TPSA) is 75.9 Å². The van der Waals surface area contributed by atoms with Crippen LogP contribution < -0.4 is 5.32 Å². The van der Waals surface area contributed by atoms with E-state index in [9.17, 15) is 4.79 Å². The van der Waals surface area contributed by atoms with Gasteiger partial charge in [0, 0.05) is 18.7 Å². The largest absolute Gasteiger partial charge is 0.350 e. The zero-order valence-corrected chi connectivity index (χ0v) is 16.5. The Morgan fingerprint density at radius 2 is 1.69 bits per heavy atom. The van der Waals surface area contributed by atoms with Crippen molar-refractivity contribution in [2.24, 2.45) is 0 Å². The fourth-order valence-corrected chi connectivity index (χ4v) is 3.54. The van der Waals surface area contributed by atoms with Gasteiger partial charge in [0.2, 0.25) is 11.7 Å². The number of hydrogen-bond acceptors (Lipinski definition) is 5. The third-order valence-electron chi connectivity index (χ3n) is 5.14. The number of carbonyl (C=O) groups excluding carboxylic acids is 1. The van der Waals surface area contributed by atoms with Gasteiger partial charge < -0.3 is 5.32 Å². The number of rotatable bonds is 7. The van der Waals surface area contributed by atoms with E-state index in [4.69, 9.17) is 0 Å². The van der Waals surface area contributed by atoms with Crippen LogP contribution in [0.25, 0.3) is 11.4 Å². The molecule has 0 unspecified atom stereocenters. The van der Waals surface area contributed by atoms with Crippen molar-refractivity contribution < 1.29 is 4.79 Å². The first-order chi connectivity index (χ1) is 14.3. The lowest BCUT2D eigenvalue weighted by Crippen LogP contribution is -2.29. The molecule has 4 rings (SSSR count). The average molecular weight is 390 g/mol. The van der Waals surface area contributed by atoms with Crippen LogP contribution in [0.2, 0.25) is 0 Å². The lowest BCUT2D eigenvalue weighted by Gasteiger charge is -2.26. The molecule has 0 atom stereocenters. The lowest BCUT2D eigenvalue weighted by atomic mass is 10.1. The molecule has 1 N–H and O–H groups in total. The Balaban J connectivity index is 1.30. The molecule has 0 radical (unpaired) electrons. The fourth-order valence-electron chi connectivity index (χ4n) is 3.54. The summed E-state index contributed by atoms with van der Waals surface area (Å²) in [7, 11) is 0. The fraction of sp³-hybridized carbons (Fsp3) is 0.364. The van der Waals surface area contributed by atoms with Crippen molar-refractivity contribution in [3.63, 3.8) is 0 Å². The lowest BCUT2D eigenvalue weighted by molar-refractivity contribution is -0.122. The number of nitrogens with zero attached hydrogens (tertiary/aromatic N) is 5. The summed E-state index contributed by atoms with van der Waals surface area (Å²) < 4.78 is 0. The number of piperidine rings is 1. The quantitative estimate of drug-likeness (QED) is 0.671. The Morgan fingerprint density at radius 1 is 0.931 bits per heavy atom. The molecule has 2 aromatic carbocycles. The van der Waals surface area contributed by atoms with Gasteiger partial charge in [0.05, 0.1) is 0 Å². The number of hydrogen-bond donors (Lipinski definition) is 1. The second-order valence-electron chi connectivity index (χ2n) is 7.44. The number of likely N-dealkylation sites (tertiary alicyclic amines) is 1. The monoisotopic (exact) mass is 390 g/mol. The molecule has 0 spiro atoms. The Kier molecular flexibility index (Phi) is 6.26. The summed E-state index contributed by atoms with van der Waals surface area (Å²) in [5.74, 6) is 0.389. The first-order valence-electron chi connectivity index (χ1n) is 10.2. The molecule has 0 aliphatic carbocycles. The van der Waals surface area contributed by atoms with Crippen molar-refractivity contribution in [1.82, 2.24) is 30.4 Å². The standard InChI is InChI=1S/C22H26N6O/c29-21(23-15-18-7-3-1-4-8-18)17-28-25-22(24-26-28)20-11-9-19(10-12-20)16-27-13-5-2-6-14-27/h1,3-4,7-12H,2,5-6,13-17H2,(H,23,29). The van der Waals surface area contributed by atoms with Gasteiger partial charge in [-0.15, -0.1) is 10.2 Å². The molecule has 7 nitrogen and oxygen atoms in total. The maximum Gasteiger partial charge on any atom is 0.243 e. The van der Waals surface area contributed by atoms with Crippen molar-refractivity contribution in [3.8, 4) is 11.4 Å². The van der Waals surface area contributed by atoms with E-state index in [0.29, 0.717) is 12.4 Å². The van der Waals surface area contributed by atoms with E-state index >= 15 is 0 Å². The van der Waals surface area contributed by atoms with Crippen LogP contribution in [-0.4, -0.2) is 44.1 Å². The molecule has 2 heterocycles. The van der Waals surface area contributed by atoms with E-state index in [1.807, 2.05) is 42.5 Å². The molecular weight excluding hydrogens is 364 g/mol. The van der Waals surface area contributed by atoms with Crippen LogP contribution >= 0.6 is 0 Å². The third kappa shape index (κ3) is 5.48. The van der Waals surface area contributed by atoms with Crippen molar-refractivity contribution in [2.75, 3.05) is 13.1 Å². The number of aromatic nitrogens is 4. The highest BCUT2D eigenvalue weighted by Crippen LogP contribution is 2.17. The number of amides is 1. The molecule has 1 aromatic heterocycles. The number of tetrazole rings is 1. The maximum atomic E-state index is 12.1. The first kappa shape index (κ1) is 19.3. The molecule has 1 saturated heterocycles. The van der Waals surface area contributed by atoms with Crippen LogP contribution in [0, 0.1) is 0 Å². The molecule has 7 heteroatoms. The van der Waals surface area contributed by atoms with Crippen LogP contribution in [0.5, 0.6) is 0 Å². The normalized spacial score (nSPS) is 14.6. The average Bonchev–Trinajstić information content (AvgIpc) is 3.23. The molecule has 1 aliphatic heterocycles. The highest BCUT2D eigenvalue weighted by molar-refractivity contribution is 5.75. The predicted molar refractivity (Wildman–Crippen MR) is 111 cm³/mol. The van der Waals surface area contributed by atoms with E-state index in [1.54, 1.807) is 0 Å². The highest BCUT2D eigenvalue weighted by Gasteiger charge is 2.12. The summed E-state index contributed by atoms with van der Waals surface area (Å²) >= 11 is 0. The summed E-state index contributed by atoms with van der Waals surface area (Å²) in [6, 6.07) is 18.1. The van der Waals surface area contributed by atoms with Gasteiger partial charge in [0.15, 0.2) is 0 Å². The van der Waals surface area contributed by atoms with Crippen LogP contribution in [0.3, 0.4) is 0 Å². The second kappa shape index (κ2) is 9.43. The minimum atomic E-state index is -0.144. The van der Waals surface area contributed by atoms with Crippen LogP contribution in [0.4, 0.5) is 0 Å². The van der Waals surface area contributed by atoms with Gasteiger partial charge in [-0.05, 0) is 42.3 Å². The van der Waals surface area contributed by atoms with Crippen LogP contribution in [0.15, 0.2) is 54.6 Å². The summed E-state index contributed by atoms with van der Waals surface area (Å²) in [6.45, 7) is 3.89. The molecular formula is C22H26N6O. The van der Waals surface area contributed by atoms with E-state index < -0.39 is 0 Å². The smallest absolute Gasteiger partial charge is 0.243 e. The molecule has 0 saturated carbocycles. The Morgan fingerprint density at radius 3 is 2.45 bits per heavy atom. The number of carbonyl (C=O) groups is 1. The highest BCUT2D eigenvalue weighted by atomic mass is 16.2. The van der Waals surface area contributed by atoms with Crippen LogP contribution in [0.1, 0.15) is 30.4 Å². The number of benzene rings is 2. The van der Waals surface area contributed by atoms with E-state index in [1.165, 1.54) is 42.7 Å². The Hall–Kier alpha value is -3.06. The van der Waals surface area contributed by atoms with Crippen molar-refractivity contribution >= 4 is 5.91 Å². The molecule has 150 valence electrons. The predicted octanol–water partition coefficient (Wildman–Crippen LogP) is 2.64. The van der Waals surface area contributed by atoms with Crippen molar-refractivity contribution in [3.05, 3.63) is 65.7 Å². The Bertz CT molecular complexity index is 916. The minimum Gasteiger partial charge on any atom is -0.350 e. The zero-order chi connectivity index (χ0) is 19.9. The van der Waals surface area contributed by atoms with Gasteiger partial charge in [-0.2, -0.15) is 4.80 Å². The molecule has 1 aliphatic rings. The second-order valence-corrected chi connectivity index (χ2v) is 7.44. The first-order valence-corrected chi connectivity index (χ1v) is 10.2. The van der Waals surface area contributed by atoms with Gasteiger partial charge in [-0.25, -0.2) is 0 Å². The van der Waals surface area contributed by atoms with E-state index in [-0.39, 0.29) is 12.5 Å². The molecule has 0 bridgehead atoms. The third-order valence-corrected chi connectivity index (χ3v) is 5.14. The molecule has 1 fully saturated rings. The zero-order valence-electron chi connectivity index (χ0n) is 16.5. The van der Waals surface area contributed by atoms with Gasteiger partial charge in [0.1, 0.15) is 6.54 Å². The van der Waals surface area contributed by atoms with Gasteiger partial charge >= 0.3 is 0 Å². The Labute approximate surface area is 170 Å². The summed E-state index contributed by atoms with van der Waals surface area (Å²) in [4.78, 5) is 16.0. The van der Waals surface area contributed by atoms with E-state index in [2.05, 4.69) is 37.8 Å². The van der Waals surface area contributed by atoms with Crippen LogP contribution in [-0.2, 0) is 24.4 Å². The molecule has 3 aromatic rings. The molecule has 1 amide bonds. The van der Waals surface area contributed by atoms with Crippen molar-refractivity contribution in [2.45, 2.75) is 38.9 Å². The number of nitrogens with one attached hydrogen (secondary N) is 1. The summed E-state index contributed by atoms with van der Waals surface area (Å²) in [5, 5.41) is 15.3. The maximum absolute atomic E-state index is 12.1. The van der Waals surface area contributed by atoms with Gasteiger partial charge in [-0.3, -0.25) is 9.69 Å². The van der Waals surface area contributed by atoms with Crippen molar-refractivity contribution in [1.29, 1.82) is 0 Å². The summed E-state index contributed by atoms with van der Waals surface area (Å²) in [5.41, 5.74) is 3.25. The van der Waals surface area contributed by atoms with Gasteiger partial charge in [-0.1, -0.05) is 61.0 Å². The van der Waals surface area contributed by atoms with Gasteiger partial charge in [0.25, 0.3) is 0 Å².